The molecule has 0 aliphatic carbocycles. The molecule has 5 heterocycles. The quantitative estimate of drug-likeness (QED) is 0.415. The number of benzene rings is 1. The molecule has 0 N–H and O–H groups in total. The van der Waals surface area contributed by atoms with Gasteiger partial charge in [-0.05, 0) is 32.3 Å². The summed E-state index contributed by atoms with van der Waals surface area (Å²) in [6, 6.07) is 8.92. The Morgan fingerprint density at radius 3 is 2.68 bits per heavy atom. The van der Waals surface area contributed by atoms with Crippen LogP contribution in [-0.4, -0.2) is 44.5 Å². The van der Waals surface area contributed by atoms with Gasteiger partial charge in [0.15, 0.2) is 5.78 Å². The SMILES string of the molecule is CC1(C)Cc2c(c(N3CCCC3)nc3sc4c(=O)n(CC(=O)c5ccccc5)nnc4c23)CO1. The molecule has 3 aromatic heterocycles. The number of hydrogen-bond donors (Lipinski definition) is 0. The molecule has 0 unspecified atom stereocenters. The second kappa shape index (κ2) is 7.95. The fraction of sp³-hybridized carbons (Fsp3) is 0.400. The van der Waals surface area contributed by atoms with Gasteiger partial charge in [-0.15, -0.1) is 16.4 Å². The largest absolute Gasteiger partial charge is 0.370 e. The summed E-state index contributed by atoms with van der Waals surface area (Å²) >= 11 is 1.35. The van der Waals surface area contributed by atoms with Gasteiger partial charge in [0.2, 0.25) is 0 Å². The number of carbonyl (C=O) groups is 1. The highest BCUT2D eigenvalue weighted by Gasteiger charge is 2.33. The van der Waals surface area contributed by atoms with E-state index in [0.717, 1.165) is 57.8 Å². The lowest BCUT2D eigenvalue weighted by atomic mass is 9.90. The predicted molar refractivity (Wildman–Crippen MR) is 132 cm³/mol. The number of fused-ring (bicyclic) bond motifs is 5. The van der Waals surface area contributed by atoms with Crippen molar-refractivity contribution in [3.05, 3.63) is 57.4 Å². The first-order valence-electron chi connectivity index (χ1n) is 11.6. The van der Waals surface area contributed by atoms with Crippen LogP contribution in [0.1, 0.15) is 48.2 Å². The minimum atomic E-state index is -0.317. The minimum absolute atomic E-state index is 0.147. The monoisotopic (exact) mass is 475 g/mol. The Labute approximate surface area is 200 Å². The van der Waals surface area contributed by atoms with Crippen molar-refractivity contribution >= 4 is 43.4 Å². The normalized spacial score (nSPS) is 17.4. The standard InChI is InChI=1S/C25H25N5O3S/c1-25(2)12-16-17(14-33-25)22(29-10-6-7-11-29)26-23-19(16)20-21(34-23)24(32)30(28-27-20)13-18(31)15-8-4-3-5-9-15/h3-5,8-9H,6-7,10-14H2,1-2H3. The Balaban J connectivity index is 1.51. The molecule has 1 saturated heterocycles. The molecule has 0 spiro atoms. The van der Waals surface area contributed by atoms with E-state index in [2.05, 4.69) is 29.1 Å². The van der Waals surface area contributed by atoms with E-state index in [-0.39, 0.29) is 23.5 Å². The molecule has 0 amide bonds. The van der Waals surface area contributed by atoms with E-state index in [1.165, 1.54) is 11.3 Å². The fourth-order valence-electron chi connectivity index (χ4n) is 4.94. The zero-order valence-corrected chi connectivity index (χ0v) is 20.0. The van der Waals surface area contributed by atoms with Crippen LogP contribution in [0.15, 0.2) is 35.1 Å². The lowest BCUT2D eigenvalue weighted by Crippen LogP contribution is -2.34. The van der Waals surface area contributed by atoms with Crippen molar-refractivity contribution in [3.63, 3.8) is 0 Å². The molecule has 2 aliphatic rings. The number of Topliss-reactive ketones (excluding diaryl/α,β-unsaturated/α-hetero) is 1. The molecule has 0 saturated carbocycles. The maximum atomic E-state index is 13.4. The second-order valence-corrected chi connectivity index (χ2v) is 10.6. The van der Waals surface area contributed by atoms with Gasteiger partial charge in [0.05, 0.1) is 12.2 Å². The van der Waals surface area contributed by atoms with Gasteiger partial charge in [-0.2, -0.15) is 0 Å². The number of rotatable bonds is 4. The highest BCUT2D eigenvalue weighted by atomic mass is 32.1. The summed E-state index contributed by atoms with van der Waals surface area (Å²) in [7, 11) is 0. The Bertz CT molecular complexity index is 1490. The predicted octanol–water partition coefficient (Wildman–Crippen LogP) is 3.74. The molecule has 4 aromatic rings. The van der Waals surface area contributed by atoms with Crippen LogP contribution in [0.5, 0.6) is 0 Å². The molecule has 34 heavy (non-hydrogen) atoms. The zero-order chi connectivity index (χ0) is 23.4. The molecule has 174 valence electrons. The molecule has 0 atom stereocenters. The summed E-state index contributed by atoms with van der Waals surface area (Å²) in [5, 5.41) is 9.49. The molecule has 1 aromatic carbocycles. The number of ketones is 1. The van der Waals surface area contributed by atoms with Crippen molar-refractivity contribution in [2.45, 2.75) is 51.9 Å². The number of hydrogen-bond acceptors (Lipinski definition) is 8. The van der Waals surface area contributed by atoms with Crippen molar-refractivity contribution < 1.29 is 9.53 Å². The fourth-order valence-corrected chi connectivity index (χ4v) is 6.02. The van der Waals surface area contributed by atoms with Crippen LogP contribution in [0.3, 0.4) is 0 Å². The average Bonchev–Trinajstić information content (AvgIpc) is 3.49. The molecule has 1 fully saturated rings. The summed E-state index contributed by atoms with van der Waals surface area (Å²) in [6.07, 6.45) is 3.02. The lowest BCUT2D eigenvalue weighted by molar-refractivity contribution is -0.0395. The van der Waals surface area contributed by atoms with Gasteiger partial charge in [0, 0.05) is 36.0 Å². The number of anilines is 1. The summed E-state index contributed by atoms with van der Waals surface area (Å²) < 4.78 is 7.81. The highest BCUT2D eigenvalue weighted by molar-refractivity contribution is 7.25. The summed E-state index contributed by atoms with van der Waals surface area (Å²) in [5.74, 6) is 0.790. The van der Waals surface area contributed by atoms with Crippen LogP contribution in [0.25, 0.3) is 20.4 Å². The van der Waals surface area contributed by atoms with Crippen molar-refractivity contribution in [2.24, 2.45) is 0 Å². The molecular formula is C25H25N5O3S. The van der Waals surface area contributed by atoms with Crippen LogP contribution in [0.2, 0.25) is 0 Å². The van der Waals surface area contributed by atoms with Gasteiger partial charge in [-0.1, -0.05) is 35.5 Å². The number of ether oxygens (including phenoxy) is 1. The van der Waals surface area contributed by atoms with Gasteiger partial charge >= 0.3 is 0 Å². The Hall–Kier alpha value is -3.17. The first-order valence-corrected chi connectivity index (χ1v) is 12.4. The Morgan fingerprint density at radius 1 is 1.15 bits per heavy atom. The first-order chi connectivity index (χ1) is 16.4. The van der Waals surface area contributed by atoms with Crippen LogP contribution in [-0.2, 0) is 24.3 Å². The third-order valence-electron chi connectivity index (χ3n) is 6.69. The minimum Gasteiger partial charge on any atom is -0.370 e. The summed E-state index contributed by atoms with van der Waals surface area (Å²) in [5.41, 5.74) is 2.74. The van der Waals surface area contributed by atoms with E-state index < -0.39 is 0 Å². The van der Waals surface area contributed by atoms with E-state index in [4.69, 9.17) is 9.72 Å². The van der Waals surface area contributed by atoms with E-state index in [1.807, 2.05) is 6.07 Å². The summed E-state index contributed by atoms with van der Waals surface area (Å²) in [4.78, 5) is 34.2. The topological polar surface area (TPSA) is 90.2 Å². The molecule has 6 rings (SSSR count). The smallest absolute Gasteiger partial charge is 0.288 e. The van der Waals surface area contributed by atoms with Gasteiger partial charge < -0.3 is 9.64 Å². The molecule has 0 bridgehead atoms. The van der Waals surface area contributed by atoms with Gasteiger partial charge in [0.1, 0.15) is 27.4 Å². The van der Waals surface area contributed by atoms with Crippen molar-refractivity contribution in [1.82, 2.24) is 20.0 Å². The number of carbonyl (C=O) groups excluding carboxylic acids is 1. The maximum Gasteiger partial charge on any atom is 0.288 e. The molecule has 0 radical (unpaired) electrons. The third kappa shape index (κ3) is 3.50. The second-order valence-electron chi connectivity index (χ2n) is 9.61. The van der Waals surface area contributed by atoms with Gasteiger partial charge in [-0.3, -0.25) is 9.59 Å². The van der Waals surface area contributed by atoms with Crippen molar-refractivity contribution in [3.8, 4) is 0 Å². The van der Waals surface area contributed by atoms with Crippen molar-refractivity contribution in [2.75, 3.05) is 18.0 Å². The first kappa shape index (κ1) is 21.4. The van der Waals surface area contributed by atoms with E-state index in [0.29, 0.717) is 28.8 Å². The van der Waals surface area contributed by atoms with Gasteiger partial charge in [-0.25, -0.2) is 9.67 Å². The van der Waals surface area contributed by atoms with E-state index in [9.17, 15) is 9.59 Å². The maximum absolute atomic E-state index is 13.4. The number of pyridine rings is 1. The van der Waals surface area contributed by atoms with Crippen LogP contribution in [0, 0.1) is 0 Å². The average molecular weight is 476 g/mol. The number of nitrogens with zero attached hydrogens (tertiary/aromatic N) is 5. The van der Waals surface area contributed by atoms with E-state index in [1.54, 1.807) is 24.3 Å². The number of thiophene rings is 1. The molecule has 8 nitrogen and oxygen atoms in total. The number of aromatic nitrogens is 4. The lowest BCUT2D eigenvalue weighted by Gasteiger charge is -2.34. The Morgan fingerprint density at radius 2 is 1.91 bits per heavy atom. The molecule has 9 heteroatoms. The summed E-state index contributed by atoms with van der Waals surface area (Å²) in [6.45, 7) is 6.47. The van der Waals surface area contributed by atoms with Crippen LogP contribution in [0.4, 0.5) is 5.82 Å². The van der Waals surface area contributed by atoms with Crippen LogP contribution >= 0.6 is 11.3 Å². The van der Waals surface area contributed by atoms with Gasteiger partial charge in [0.25, 0.3) is 5.56 Å². The molecule has 2 aliphatic heterocycles. The highest BCUT2D eigenvalue weighted by Crippen LogP contribution is 2.42. The van der Waals surface area contributed by atoms with E-state index >= 15 is 0 Å². The Kier molecular flexibility index (Phi) is 5.00. The van der Waals surface area contributed by atoms with Crippen molar-refractivity contribution in [1.29, 1.82) is 0 Å². The van der Waals surface area contributed by atoms with Crippen LogP contribution < -0.4 is 10.5 Å². The zero-order valence-electron chi connectivity index (χ0n) is 19.2. The molecular weight excluding hydrogens is 450 g/mol. The third-order valence-corrected chi connectivity index (χ3v) is 7.75.